The van der Waals surface area contributed by atoms with Crippen molar-refractivity contribution in [3.63, 3.8) is 0 Å². The Kier molecular flexibility index (Phi) is 13.6. The molecule has 0 spiro atoms. The molecular weight excluding hydrogens is 100 g/mol. The minimum Gasteiger partial charge on any atom is -0.329 e. The van der Waals surface area contributed by atoms with E-state index in [4.69, 9.17) is 5.73 Å². The summed E-state index contributed by atoms with van der Waals surface area (Å²) in [6, 6.07) is 0. The highest BCUT2D eigenvalue weighted by atomic mass is 15.1. The summed E-state index contributed by atoms with van der Waals surface area (Å²) in [6.07, 6.45) is 0. The molecule has 0 aromatic carbocycles. The fraction of sp³-hybridized carbons (Fsp3) is 1.00. The summed E-state index contributed by atoms with van der Waals surface area (Å²) < 4.78 is 0. The zero-order chi connectivity index (χ0) is 6.99. The van der Waals surface area contributed by atoms with E-state index in [9.17, 15) is 0 Å². The molecule has 0 fully saturated rings. The van der Waals surface area contributed by atoms with Crippen LogP contribution in [-0.4, -0.2) is 32.1 Å². The van der Waals surface area contributed by atoms with E-state index in [1.165, 1.54) is 0 Å². The molecule has 0 bridgehead atoms. The van der Waals surface area contributed by atoms with E-state index in [0.29, 0.717) is 0 Å². The smallest absolute Gasteiger partial charge is 0.00985 e. The topological polar surface area (TPSA) is 29.3 Å². The molecule has 0 aromatic rings. The van der Waals surface area contributed by atoms with Gasteiger partial charge in [-0.3, -0.25) is 0 Å². The van der Waals surface area contributed by atoms with Gasteiger partial charge < -0.3 is 10.6 Å². The van der Waals surface area contributed by atoms with E-state index >= 15 is 0 Å². The maximum atomic E-state index is 5.19. The van der Waals surface area contributed by atoms with Crippen LogP contribution in [0.3, 0.4) is 0 Å². The second kappa shape index (κ2) is 10.0. The third kappa shape index (κ3) is 16.8. The summed E-state index contributed by atoms with van der Waals surface area (Å²) in [6.45, 7) is 5.74. The van der Waals surface area contributed by atoms with Gasteiger partial charge in [-0.15, -0.1) is 0 Å². The van der Waals surface area contributed by atoms with Gasteiger partial charge in [0.1, 0.15) is 0 Å². The standard InChI is InChI=1S/C4H12N2.C2H6/c1-6(2)4-3-5;1-2/h3-5H2,1-2H3;1-2H3. The van der Waals surface area contributed by atoms with Crippen LogP contribution < -0.4 is 5.73 Å². The van der Waals surface area contributed by atoms with Gasteiger partial charge in [-0.2, -0.15) is 0 Å². The van der Waals surface area contributed by atoms with Crippen molar-refractivity contribution in [2.45, 2.75) is 13.8 Å². The van der Waals surface area contributed by atoms with Crippen molar-refractivity contribution >= 4 is 0 Å². The number of hydrogen-bond donors (Lipinski definition) is 1. The number of nitrogens with zero attached hydrogens (tertiary/aromatic N) is 1. The van der Waals surface area contributed by atoms with Crippen LogP contribution in [-0.2, 0) is 0 Å². The molecule has 0 aromatic heterocycles. The van der Waals surface area contributed by atoms with Gasteiger partial charge in [-0.25, -0.2) is 0 Å². The predicted octanol–water partition coefficient (Wildman–Crippen LogP) is 0.533. The minimum atomic E-state index is 0.757. The van der Waals surface area contributed by atoms with Crippen LogP contribution in [0.25, 0.3) is 0 Å². The summed E-state index contributed by atoms with van der Waals surface area (Å²) in [4.78, 5) is 2.06. The number of likely N-dealkylation sites (N-methyl/N-ethyl adjacent to an activating group) is 1. The molecule has 0 heterocycles. The van der Waals surface area contributed by atoms with Crippen molar-refractivity contribution in [2.75, 3.05) is 27.2 Å². The number of nitrogens with two attached hydrogens (primary N) is 1. The van der Waals surface area contributed by atoms with Gasteiger partial charge in [0.2, 0.25) is 0 Å². The first kappa shape index (κ1) is 10.8. The molecule has 0 unspecified atom stereocenters. The Morgan fingerprint density at radius 1 is 1.25 bits per heavy atom. The minimum absolute atomic E-state index is 0.757. The maximum absolute atomic E-state index is 5.19. The molecular formula is C6H18N2. The van der Waals surface area contributed by atoms with E-state index in [-0.39, 0.29) is 0 Å². The molecule has 2 N–H and O–H groups in total. The molecule has 52 valence electrons. The van der Waals surface area contributed by atoms with Gasteiger partial charge in [0.15, 0.2) is 0 Å². The molecule has 0 saturated heterocycles. The van der Waals surface area contributed by atoms with Crippen molar-refractivity contribution in [3.8, 4) is 0 Å². The second-order valence-corrected chi connectivity index (χ2v) is 1.59. The Morgan fingerprint density at radius 3 is 1.62 bits per heavy atom. The Labute approximate surface area is 52.7 Å². The molecule has 0 radical (unpaired) electrons. The molecule has 8 heavy (non-hydrogen) atoms. The molecule has 0 rings (SSSR count). The van der Waals surface area contributed by atoms with E-state index in [0.717, 1.165) is 13.1 Å². The van der Waals surface area contributed by atoms with E-state index in [1.54, 1.807) is 0 Å². The van der Waals surface area contributed by atoms with Crippen LogP contribution in [0.4, 0.5) is 0 Å². The lowest BCUT2D eigenvalue weighted by Crippen LogP contribution is -2.20. The van der Waals surface area contributed by atoms with Crippen LogP contribution in [0.1, 0.15) is 13.8 Å². The Bertz CT molecular complexity index is 27.7. The summed E-state index contributed by atoms with van der Waals surface area (Å²) in [7, 11) is 4.01. The van der Waals surface area contributed by atoms with Crippen molar-refractivity contribution in [1.82, 2.24) is 4.90 Å². The maximum Gasteiger partial charge on any atom is 0.00985 e. The lowest BCUT2D eigenvalue weighted by atomic mass is 10.6. The third-order valence-corrected chi connectivity index (χ3v) is 0.576. The summed E-state index contributed by atoms with van der Waals surface area (Å²) in [5.74, 6) is 0. The Hall–Kier alpha value is -0.0800. The predicted molar refractivity (Wildman–Crippen MR) is 39.0 cm³/mol. The van der Waals surface area contributed by atoms with Gasteiger partial charge in [-0.1, -0.05) is 13.8 Å². The molecule has 2 nitrogen and oxygen atoms in total. The van der Waals surface area contributed by atoms with Gasteiger partial charge >= 0.3 is 0 Å². The first-order valence-corrected chi connectivity index (χ1v) is 3.12. The number of hydrogen-bond acceptors (Lipinski definition) is 2. The van der Waals surface area contributed by atoms with Crippen molar-refractivity contribution in [3.05, 3.63) is 0 Å². The Morgan fingerprint density at radius 2 is 1.62 bits per heavy atom. The van der Waals surface area contributed by atoms with E-state index in [1.807, 2.05) is 27.9 Å². The normalized spacial score (nSPS) is 8.25. The van der Waals surface area contributed by atoms with Crippen LogP contribution in [0.2, 0.25) is 0 Å². The molecule has 0 atom stereocenters. The van der Waals surface area contributed by atoms with Gasteiger partial charge in [0.05, 0.1) is 0 Å². The SMILES string of the molecule is CC.CN(C)CCN. The largest absolute Gasteiger partial charge is 0.329 e. The van der Waals surface area contributed by atoms with Crippen LogP contribution in [0, 0.1) is 0 Å². The average molecular weight is 118 g/mol. The highest BCUT2D eigenvalue weighted by molar-refractivity contribution is 4.38. The first-order valence-electron chi connectivity index (χ1n) is 3.12. The lowest BCUT2D eigenvalue weighted by molar-refractivity contribution is 0.420. The van der Waals surface area contributed by atoms with Crippen molar-refractivity contribution in [1.29, 1.82) is 0 Å². The third-order valence-electron chi connectivity index (χ3n) is 0.576. The molecule has 0 saturated carbocycles. The van der Waals surface area contributed by atoms with Crippen LogP contribution in [0.15, 0.2) is 0 Å². The fourth-order valence-corrected chi connectivity index (χ4v) is 0.258. The van der Waals surface area contributed by atoms with E-state index in [2.05, 4.69) is 4.90 Å². The molecule has 2 heteroatoms. The quantitative estimate of drug-likeness (QED) is 0.573. The Balaban J connectivity index is 0. The lowest BCUT2D eigenvalue weighted by Gasteiger charge is -2.03. The average Bonchev–Trinajstić information content (AvgIpc) is 1.72. The highest BCUT2D eigenvalue weighted by Gasteiger charge is 1.79. The van der Waals surface area contributed by atoms with E-state index < -0.39 is 0 Å². The number of rotatable bonds is 2. The zero-order valence-electron chi connectivity index (χ0n) is 6.44. The van der Waals surface area contributed by atoms with Crippen LogP contribution >= 0.6 is 0 Å². The second-order valence-electron chi connectivity index (χ2n) is 1.59. The first-order chi connectivity index (χ1) is 3.77. The highest BCUT2D eigenvalue weighted by Crippen LogP contribution is 1.64. The molecule has 0 aliphatic rings. The molecule has 0 aliphatic carbocycles. The summed E-state index contributed by atoms with van der Waals surface area (Å²) in [5.41, 5.74) is 5.19. The van der Waals surface area contributed by atoms with Gasteiger partial charge in [0, 0.05) is 13.1 Å². The summed E-state index contributed by atoms with van der Waals surface area (Å²) in [5, 5.41) is 0. The monoisotopic (exact) mass is 118 g/mol. The van der Waals surface area contributed by atoms with Crippen molar-refractivity contribution < 1.29 is 0 Å². The molecule has 0 aliphatic heterocycles. The zero-order valence-corrected chi connectivity index (χ0v) is 6.44. The van der Waals surface area contributed by atoms with Crippen molar-refractivity contribution in [2.24, 2.45) is 5.73 Å². The molecule has 0 amide bonds. The van der Waals surface area contributed by atoms with Gasteiger partial charge in [0.25, 0.3) is 0 Å². The van der Waals surface area contributed by atoms with Crippen LogP contribution in [0.5, 0.6) is 0 Å². The fourth-order valence-electron chi connectivity index (χ4n) is 0.258. The summed E-state index contributed by atoms with van der Waals surface area (Å²) >= 11 is 0. The van der Waals surface area contributed by atoms with Gasteiger partial charge in [-0.05, 0) is 14.1 Å².